The zero-order valence-corrected chi connectivity index (χ0v) is 10.5. The van der Waals surface area contributed by atoms with Crippen LogP contribution < -0.4 is 5.32 Å². The molecule has 1 aromatic rings. The van der Waals surface area contributed by atoms with Crippen molar-refractivity contribution in [1.82, 2.24) is 10.2 Å². The highest BCUT2D eigenvalue weighted by molar-refractivity contribution is 5.11. The maximum absolute atomic E-state index is 5.80. The molecule has 1 aliphatic heterocycles. The fourth-order valence-corrected chi connectivity index (χ4v) is 2.68. The van der Waals surface area contributed by atoms with Crippen LogP contribution in [-0.4, -0.2) is 32.1 Å². The van der Waals surface area contributed by atoms with Crippen LogP contribution in [0.3, 0.4) is 0 Å². The number of aryl methyl sites for hydroxylation is 1. The number of nitrogens with one attached hydrogen (secondary N) is 1. The SMILES string of the molecule is Cc1ccc(C(C2CCNCC2)N(C)C)o1. The first kappa shape index (κ1) is 11.7. The molecule has 0 radical (unpaired) electrons. The molecule has 3 heteroatoms. The van der Waals surface area contributed by atoms with Crippen molar-refractivity contribution < 1.29 is 4.42 Å². The lowest BCUT2D eigenvalue weighted by Crippen LogP contribution is -2.35. The van der Waals surface area contributed by atoms with Crippen molar-refractivity contribution in [3.05, 3.63) is 23.7 Å². The predicted octanol–water partition coefficient (Wildman–Crippen LogP) is 2.19. The van der Waals surface area contributed by atoms with E-state index >= 15 is 0 Å². The molecule has 1 saturated heterocycles. The van der Waals surface area contributed by atoms with Crippen LogP contribution >= 0.6 is 0 Å². The summed E-state index contributed by atoms with van der Waals surface area (Å²) >= 11 is 0. The van der Waals surface area contributed by atoms with Crippen LogP contribution in [0.1, 0.15) is 30.4 Å². The van der Waals surface area contributed by atoms with Gasteiger partial charge in [-0.15, -0.1) is 0 Å². The van der Waals surface area contributed by atoms with E-state index in [0.29, 0.717) is 12.0 Å². The fraction of sp³-hybridized carbons (Fsp3) is 0.692. The number of piperidine rings is 1. The van der Waals surface area contributed by atoms with E-state index < -0.39 is 0 Å². The Balaban J connectivity index is 2.16. The molecule has 0 bridgehead atoms. The lowest BCUT2D eigenvalue weighted by Gasteiger charge is -2.33. The van der Waals surface area contributed by atoms with Crippen LogP contribution in [0.4, 0.5) is 0 Å². The molecule has 1 aromatic heterocycles. The van der Waals surface area contributed by atoms with Gasteiger partial charge in [0, 0.05) is 0 Å². The van der Waals surface area contributed by atoms with Crippen LogP contribution in [0.15, 0.2) is 16.5 Å². The van der Waals surface area contributed by atoms with Gasteiger partial charge in [-0.25, -0.2) is 0 Å². The third-order valence-corrected chi connectivity index (χ3v) is 3.44. The van der Waals surface area contributed by atoms with Crippen molar-refractivity contribution in [2.45, 2.75) is 25.8 Å². The van der Waals surface area contributed by atoms with E-state index in [2.05, 4.69) is 36.4 Å². The van der Waals surface area contributed by atoms with Gasteiger partial charge in [0.25, 0.3) is 0 Å². The average Bonchev–Trinajstić information content (AvgIpc) is 2.66. The molecule has 0 spiro atoms. The second kappa shape index (κ2) is 5.02. The van der Waals surface area contributed by atoms with Crippen molar-refractivity contribution in [3.8, 4) is 0 Å². The molecular formula is C13H22N2O. The molecule has 1 fully saturated rings. The number of rotatable bonds is 3. The van der Waals surface area contributed by atoms with Crippen LogP contribution in [0.2, 0.25) is 0 Å². The van der Waals surface area contributed by atoms with Crippen LogP contribution in [0, 0.1) is 12.8 Å². The summed E-state index contributed by atoms with van der Waals surface area (Å²) < 4.78 is 5.80. The van der Waals surface area contributed by atoms with Gasteiger partial charge in [-0.1, -0.05) is 0 Å². The second-order valence-corrected chi connectivity index (χ2v) is 4.94. The summed E-state index contributed by atoms with van der Waals surface area (Å²) in [6, 6.07) is 4.62. The summed E-state index contributed by atoms with van der Waals surface area (Å²) in [6.07, 6.45) is 2.48. The number of hydrogen-bond acceptors (Lipinski definition) is 3. The van der Waals surface area contributed by atoms with E-state index in [9.17, 15) is 0 Å². The van der Waals surface area contributed by atoms with E-state index in [1.807, 2.05) is 6.92 Å². The van der Waals surface area contributed by atoms with Crippen LogP contribution in [0.5, 0.6) is 0 Å². The van der Waals surface area contributed by atoms with E-state index in [-0.39, 0.29) is 0 Å². The molecule has 0 aromatic carbocycles. The Morgan fingerprint density at radius 3 is 2.50 bits per heavy atom. The van der Waals surface area contributed by atoms with E-state index in [4.69, 9.17) is 4.42 Å². The van der Waals surface area contributed by atoms with Crippen molar-refractivity contribution in [1.29, 1.82) is 0 Å². The summed E-state index contributed by atoms with van der Waals surface area (Å²) in [5, 5.41) is 3.42. The van der Waals surface area contributed by atoms with Crippen molar-refractivity contribution in [2.24, 2.45) is 5.92 Å². The molecular weight excluding hydrogens is 200 g/mol. The zero-order chi connectivity index (χ0) is 11.5. The van der Waals surface area contributed by atoms with Gasteiger partial charge in [-0.05, 0) is 65.0 Å². The zero-order valence-electron chi connectivity index (χ0n) is 10.5. The van der Waals surface area contributed by atoms with Gasteiger partial charge in [0.15, 0.2) is 0 Å². The van der Waals surface area contributed by atoms with Crippen molar-refractivity contribution >= 4 is 0 Å². The first-order valence-corrected chi connectivity index (χ1v) is 6.12. The molecule has 0 aliphatic carbocycles. The maximum Gasteiger partial charge on any atom is 0.121 e. The first-order valence-electron chi connectivity index (χ1n) is 6.12. The molecule has 1 unspecified atom stereocenters. The van der Waals surface area contributed by atoms with Crippen LogP contribution in [0.25, 0.3) is 0 Å². The molecule has 2 heterocycles. The molecule has 1 N–H and O–H groups in total. The highest BCUT2D eigenvalue weighted by atomic mass is 16.3. The Hall–Kier alpha value is -0.800. The molecule has 3 nitrogen and oxygen atoms in total. The average molecular weight is 222 g/mol. The molecule has 0 saturated carbocycles. The Morgan fingerprint density at radius 1 is 1.31 bits per heavy atom. The summed E-state index contributed by atoms with van der Waals surface area (Å²) in [5.41, 5.74) is 0. The summed E-state index contributed by atoms with van der Waals surface area (Å²) in [7, 11) is 4.29. The molecule has 0 amide bonds. The topological polar surface area (TPSA) is 28.4 Å². The summed E-state index contributed by atoms with van der Waals surface area (Å²) in [6.45, 7) is 4.28. The largest absolute Gasteiger partial charge is 0.465 e. The van der Waals surface area contributed by atoms with Crippen molar-refractivity contribution in [2.75, 3.05) is 27.2 Å². The standard InChI is InChI=1S/C13H22N2O/c1-10-4-5-12(16-10)13(15(2)3)11-6-8-14-9-7-11/h4-5,11,13-14H,6-9H2,1-3H3. The fourth-order valence-electron chi connectivity index (χ4n) is 2.68. The van der Waals surface area contributed by atoms with E-state index in [0.717, 1.165) is 24.6 Å². The summed E-state index contributed by atoms with van der Waals surface area (Å²) in [5.74, 6) is 2.84. The van der Waals surface area contributed by atoms with E-state index in [1.165, 1.54) is 12.8 Å². The Kier molecular flexibility index (Phi) is 3.66. The van der Waals surface area contributed by atoms with Gasteiger partial charge in [0.2, 0.25) is 0 Å². The maximum atomic E-state index is 5.80. The van der Waals surface area contributed by atoms with Crippen molar-refractivity contribution in [3.63, 3.8) is 0 Å². The second-order valence-electron chi connectivity index (χ2n) is 4.94. The monoisotopic (exact) mass is 222 g/mol. The molecule has 2 rings (SSSR count). The van der Waals surface area contributed by atoms with Gasteiger partial charge < -0.3 is 9.73 Å². The number of nitrogens with zero attached hydrogens (tertiary/aromatic N) is 1. The predicted molar refractivity (Wildman–Crippen MR) is 65.5 cm³/mol. The molecule has 16 heavy (non-hydrogen) atoms. The quantitative estimate of drug-likeness (QED) is 0.850. The van der Waals surface area contributed by atoms with E-state index in [1.54, 1.807) is 0 Å². The molecule has 1 aliphatic rings. The minimum atomic E-state index is 0.427. The molecule has 1 atom stereocenters. The van der Waals surface area contributed by atoms with Gasteiger partial charge in [-0.2, -0.15) is 0 Å². The highest BCUT2D eigenvalue weighted by Gasteiger charge is 2.28. The lowest BCUT2D eigenvalue weighted by molar-refractivity contribution is 0.153. The smallest absolute Gasteiger partial charge is 0.121 e. The Bertz CT molecular complexity index is 326. The third-order valence-electron chi connectivity index (χ3n) is 3.44. The number of furan rings is 1. The Labute approximate surface area is 97.8 Å². The highest BCUT2D eigenvalue weighted by Crippen LogP contribution is 2.33. The third kappa shape index (κ3) is 2.47. The van der Waals surface area contributed by atoms with Gasteiger partial charge in [-0.3, -0.25) is 4.90 Å². The normalized spacial score (nSPS) is 20.2. The minimum Gasteiger partial charge on any atom is -0.465 e. The lowest BCUT2D eigenvalue weighted by atomic mass is 9.88. The van der Waals surface area contributed by atoms with Gasteiger partial charge in [0.05, 0.1) is 6.04 Å². The summed E-state index contributed by atoms with van der Waals surface area (Å²) in [4.78, 5) is 2.29. The minimum absolute atomic E-state index is 0.427. The Morgan fingerprint density at radius 2 is 2.00 bits per heavy atom. The van der Waals surface area contributed by atoms with Gasteiger partial charge >= 0.3 is 0 Å². The number of hydrogen-bond donors (Lipinski definition) is 1. The molecule has 90 valence electrons. The van der Waals surface area contributed by atoms with Crippen LogP contribution in [-0.2, 0) is 0 Å². The van der Waals surface area contributed by atoms with Gasteiger partial charge in [0.1, 0.15) is 11.5 Å². The first-order chi connectivity index (χ1) is 7.68.